The van der Waals surface area contributed by atoms with E-state index in [0.717, 1.165) is 10.5 Å². The smallest absolute Gasteiger partial charge is 0.410 e. The van der Waals surface area contributed by atoms with Crippen LogP contribution in [0.2, 0.25) is 0 Å². The average molecular weight is 393 g/mol. The predicted molar refractivity (Wildman–Crippen MR) is 102 cm³/mol. The van der Waals surface area contributed by atoms with Crippen LogP contribution in [-0.2, 0) is 16.1 Å². The zero-order valence-corrected chi connectivity index (χ0v) is 15.5. The SMILES string of the molecule is O=C1CN(C(=O)OCc2ccccc2)C[C@@H](CN2C(=O)c3ccccc3C2=O)N1. The van der Waals surface area contributed by atoms with Crippen LogP contribution in [0.1, 0.15) is 26.3 Å². The van der Waals surface area contributed by atoms with Crippen molar-refractivity contribution in [1.29, 1.82) is 0 Å². The Morgan fingerprint density at radius 2 is 1.59 bits per heavy atom. The highest BCUT2D eigenvalue weighted by molar-refractivity contribution is 6.21. The van der Waals surface area contributed by atoms with Crippen LogP contribution >= 0.6 is 0 Å². The summed E-state index contributed by atoms with van der Waals surface area (Å²) in [7, 11) is 0. The summed E-state index contributed by atoms with van der Waals surface area (Å²) in [6.45, 7) is 0.0976. The molecule has 1 atom stereocenters. The number of nitrogens with one attached hydrogen (secondary N) is 1. The number of hydrogen-bond acceptors (Lipinski definition) is 5. The Morgan fingerprint density at radius 3 is 2.24 bits per heavy atom. The van der Waals surface area contributed by atoms with E-state index in [0.29, 0.717) is 11.1 Å². The molecular formula is C21H19N3O5. The van der Waals surface area contributed by atoms with Crippen LogP contribution in [-0.4, -0.2) is 59.3 Å². The van der Waals surface area contributed by atoms with E-state index in [9.17, 15) is 19.2 Å². The number of piperazine rings is 1. The number of hydrogen-bond donors (Lipinski definition) is 1. The summed E-state index contributed by atoms with van der Waals surface area (Å²) in [6.07, 6.45) is -0.615. The van der Waals surface area contributed by atoms with Crippen LogP contribution < -0.4 is 5.32 Å². The zero-order chi connectivity index (χ0) is 20.4. The Hall–Kier alpha value is -3.68. The van der Waals surface area contributed by atoms with E-state index in [4.69, 9.17) is 4.74 Å². The summed E-state index contributed by atoms with van der Waals surface area (Å²) >= 11 is 0. The molecule has 0 aromatic heterocycles. The number of nitrogens with zero attached hydrogens (tertiary/aromatic N) is 2. The summed E-state index contributed by atoms with van der Waals surface area (Å²) < 4.78 is 5.29. The number of carbonyl (C=O) groups excluding carboxylic acids is 4. The fourth-order valence-electron chi connectivity index (χ4n) is 3.50. The highest BCUT2D eigenvalue weighted by Gasteiger charge is 2.38. The second-order valence-electron chi connectivity index (χ2n) is 6.95. The Bertz CT molecular complexity index is 940. The van der Waals surface area contributed by atoms with Gasteiger partial charge >= 0.3 is 6.09 Å². The summed E-state index contributed by atoms with van der Waals surface area (Å²) in [5.74, 6) is -1.17. The summed E-state index contributed by atoms with van der Waals surface area (Å²) in [5.41, 5.74) is 1.53. The van der Waals surface area contributed by atoms with Crippen molar-refractivity contribution in [3.63, 3.8) is 0 Å². The highest BCUT2D eigenvalue weighted by atomic mass is 16.6. The number of fused-ring (bicyclic) bond motifs is 1. The van der Waals surface area contributed by atoms with Gasteiger partial charge in [0, 0.05) is 6.54 Å². The zero-order valence-electron chi connectivity index (χ0n) is 15.5. The molecule has 2 aliphatic heterocycles. The first kappa shape index (κ1) is 18.7. The lowest BCUT2D eigenvalue weighted by Crippen LogP contribution is -2.59. The molecule has 8 nitrogen and oxygen atoms in total. The lowest BCUT2D eigenvalue weighted by Gasteiger charge is -2.33. The largest absolute Gasteiger partial charge is 0.445 e. The third-order valence-corrected chi connectivity index (χ3v) is 4.88. The van der Waals surface area contributed by atoms with E-state index in [2.05, 4.69) is 5.32 Å². The standard InChI is InChI=1S/C21H19N3O5/c25-18-12-23(21(28)29-13-14-6-2-1-3-7-14)10-15(22-18)11-24-19(26)16-8-4-5-9-17(16)20(24)27/h1-9,15H,10-13H2,(H,22,25)/t15-/m0/s1. The number of imide groups is 1. The van der Waals surface area contributed by atoms with Crippen molar-refractivity contribution in [3.05, 3.63) is 71.3 Å². The Labute approximate surface area is 167 Å². The van der Waals surface area contributed by atoms with Crippen molar-refractivity contribution >= 4 is 23.8 Å². The number of ether oxygens (including phenoxy) is 1. The van der Waals surface area contributed by atoms with E-state index < -0.39 is 23.9 Å². The van der Waals surface area contributed by atoms with Gasteiger partial charge in [-0.05, 0) is 17.7 Å². The molecule has 2 aromatic rings. The van der Waals surface area contributed by atoms with Crippen LogP contribution in [0.4, 0.5) is 4.79 Å². The highest BCUT2D eigenvalue weighted by Crippen LogP contribution is 2.23. The Balaban J connectivity index is 1.39. The predicted octanol–water partition coefficient (Wildman–Crippen LogP) is 1.42. The minimum atomic E-state index is -0.615. The topological polar surface area (TPSA) is 96.0 Å². The van der Waals surface area contributed by atoms with Crippen molar-refractivity contribution in [2.45, 2.75) is 12.6 Å². The first-order valence-corrected chi connectivity index (χ1v) is 9.23. The van der Waals surface area contributed by atoms with Gasteiger partial charge in [0.2, 0.25) is 5.91 Å². The molecule has 1 fully saturated rings. The second kappa shape index (κ2) is 7.75. The normalized spacial score (nSPS) is 18.5. The van der Waals surface area contributed by atoms with Crippen molar-refractivity contribution in [2.24, 2.45) is 0 Å². The maximum Gasteiger partial charge on any atom is 0.410 e. The molecule has 148 valence electrons. The molecule has 29 heavy (non-hydrogen) atoms. The van der Waals surface area contributed by atoms with Gasteiger partial charge in [-0.1, -0.05) is 42.5 Å². The van der Waals surface area contributed by atoms with Gasteiger partial charge in [0.25, 0.3) is 11.8 Å². The maximum atomic E-state index is 12.5. The third-order valence-electron chi connectivity index (χ3n) is 4.88. The molecular weight excluding hydrogens is 374 g/mol. The molecule has 0 saturated carbocycles. The van der Waals surface area contributed by atoms with E-state index in [-0.39, 0.29) is 32.1 Å². The second-order valence-corrected chi connectivity index (χ2v) is 6.95. The van der Waals surface area contributed by atoms with E-state index >= 15 is 0 Å². The molecule has 0 spiro atoms. The molecule has 0 bridgehead atoms. The molecule has 0 aliphatic carbocycles. The molecule has 8 heteroatoms. The molecule has 4 rings (SSSR count). The molecule has 2 aliphatic rings. The van der Waals surface area contributed by atoms with Gasteiger partial charge in [-0.2, -0.15) is 0 Å². The monoisotopic (exact) mass is 393 g/mol. The van der Waals surface area contributed by atoms with Gasteiger partial charge < -0.3 is 10.1 Å². The van der Waals surface area contributed by atoms with Crippen LogP contribution in [0.25, 0.3) is 0 Å². The van der Waals surface area contributed by atoms with Gasteiger partial charge in [-0.25, -0.2) is 4.79 Å². The molecule has 0 unspecified atom stereocenters. The number of carbonyl (C=O) groups is 4. The molecule has 2 aromatic carbocycles. The molecule has 1 N–H and O–H groups in total. The van der Waals surface area contributed by atoms with Gasteiger partial charge in [0.05, 0.1) is 23.7 Å². The van der Waals surface area contributed by atoms with Crippen molar-refractivity contribution in [2.75, 3.05) is 19.6 Å². The van der Waals surface area contributed by atoms with Crippen molar-refractivity contribution in [3.8, 4) is 0 Å². The first-order valence-electron chi connectivity index (χ1n) is 9.23. The van der Waals surface area contributed by atoms with Crippen molar-refractivity contribution in [1.82, 2.24) is 15.1 Å². The van der Waals surface area contributed by atoms with Crippen LogP contribution in [0.5, 0.6) is 0 Å². The lowest BCUT2D eigenvalue weighted by atomic mass is 10.1. The minimum absolute atomic E-state index is 0.0133. The summed E-state index contributed by atoms with van der Waals surface area (Å²) in [4.78, 5) is 51.9. The van der Waals surface area contributed by atoms with Gasteiger partial charge in [0.1, 0.15) is 13.2 Å². The first-order chi connectivity index (χ1) is 14.0. The van der Waals surface area contributed by atoms with Gasteiger partial charge in [-0.15, -0.1) is 0 Å². The molecule has 0 radical (unpaired) electrons. The summed E-state index contributed by atoms with van der Waals surface area (Å²) in [5, 5.41) is 2.74. The molecule has 4 amide bonds. The van der Waals surface area contributed by atoms with Crippen LogP contribution in [0, 0.1) is 0 Å². The number of benzene rings is 2. The fourth-order valence-corrected chi connectivity index (χ4v) is 3.50. The quantitative estimate of drug-likeness (QED) is 0.793. The maximum absolute atomic E-state index is 12.5. The number of rotatable bonds is 4. The Morgan fingerprint density at radius 1 is 0.966 bits per heavy atom. The number of amides is 4. The van der Waals surface area contributed by atoms with E-state index in [1.165, 1.54) is 4.90 Å². The van der Waals surface area contributed by atoms with E-state index in [1.807, 2.05) is 30.3 Å². The fraction of sp³-hybridized carbons (Fsp3) is 0.238. The van der Waals surface area contributed by atoms with E-state index in [1.54, 1.807) is 24.3 Å². The lowest BCUT2D eigenvalue weighted by molar-refractivity contribution is -0.125. The molecule has 2 heterocycles. The average Bonchev–Trinajstić information content (AvgIpc) is 2.97. The van der Waals surface area contributed by atoms with Crippen molar-refractivity contribution < 1.29 is 23.9 Å². The van der Waals surface area contributed by atoms with Gasteiger partial charge in [-0.3, -0.25) is 24.2 Å². The Kier molecular flexibility index (Phi) is 4.99. The van der Waals surface area contributed by atoms with Crippen LogP contribution in [0.3, 0.4) is 0 Å². The minimum Gasteiger partial charge on any atom is -0.445 e. The van der Waals surface area contributed by atoms with Crippen LogP contribution in [0.15, 0.2) is 54.6 Å². The van der Waals surface area contributed by atoms with Gasteiger partial charge in [0.15, 0.2) is 0 Å². The third kappa shape index (κ3) is 3.82. The molecule has 1 saturated heterocycles. The summed E-state index contributed by atoms with van der Waals surface area (Å²) in [6, 6.07) is 15.2.